The first-order chi connectivity index (χ1) is 12.0. The molecule has 0 radical (unpaired) electrons. The molecule has 0 amide bonds. The summed E-state index contributed by atoms with van der Waals surface area (Å²) in [6, 6.07) is 20.5. The second-order valence-electron chi connectivity index (χ2n) is 6.61. The van der Waals surface area contributed by atoms with Crippen LogP contribution in [0.2, 0.25) is 0 Å². The van der Waals surface area contributed by atoms with Gasteiger partial charge in [-0.15, -0.1) is 0 Å². The van der Waals surface area contributed by atoms with E-state index in [2.05, 4.69) is 27.8 Å². The van der Waals surface area contributed by atoms with Crippen LogP contribution in [-0.2, 0) is 10.0 Å². The van der Waals surface area contributed by atoms with Crippen LogP contribution in [0.4, 0.5) is 0 Å². The summed E-state index contributed by atoms with van der Waals surface area (Å²) in [6.45, 7) is 0. The molecule has 1 aliphatic carbocycles. The van der Waals surface area contributed by atoms with Crippen molar-refractivity contribution in [1.29, 1.82) is 0 Å². The molecule has 0 aromatic heterocycles. The Kier molecular flexibility index (Phi) is 3.87. The lowest BCUT2D eigenvalue weighted by atomic mass is 10.0. The van der Waals surface area contributed by atoms with Gasteiger partial charge in [0.1, 0.15) is 0 Å². The number of nitrogens with one attached hydrogen (secondary N) is 1. The van der Waals surface area contributed by atoms with E-state index in [9.17, 15) is 8.42 Å². The first-order valence-corrected chi connectivity index (χ1v) is 9.73. The molecule has 2 unspecified atom stereocenters. The number of sulfonamides is 1. The van der Waals surface area contributed by atoms with Crippen LogP contribution in [0.3, 0.4) is 0 Å². The molecular formula is C20H20N2O2S. The van der Waals surface area contributed by atoms with Crippen LogP contribution in [0, 0.1) is 0 Å². The standard InChI is InChI=1S/C20H20N2O2S/c1-22(2)20-17-13-7-9-14-8-6-12-16(18(14)17)19(20)21-25(23,24)15-10-4-3-5-11-15/h3-13,19-21H,1-2H3. The maximum Gasteiger partial charge on any atom is 0.241 e. The summed E-state index contributed by atoms with van der Waals surface area (Å²) < 4.78 is 28.7. The molecule has 0 spiro atoms. The third-order valence-electron chi connectivity index (χ3n) is 4.83. The summed E-state index contributed by atoms with van der Waals surface area (Å²) in [7, 11) is 0.369. The van der Waals surface area contributed by atoms with Crippen molar-refractivity contribution >= 4 is 20.8 Å². The monoisotopic (exact) mass is 352 g/mol. The summed E-state index contributed by atoms with van der Waals surface area (Å²) in [5, 5.41) is 2.30. The van der Waals surface area contributed by atoms with Gasteiger partial charge in [0.2, 0.25) is 10.0 Å². The van der Waals surface area contributed by atoms with Crippen molar-refractivity contribution in [2.75, 3.05) is 14.1 Å². The van der Waals surface area contributed by atoms with Crippen LogP contribution in [0.5, 0.6) is 0 Å². The molecule has 0 aliphatic heterocycles. The minimum absolute atomic E-state index is 0.0420. The van der Waals surface area contributed by atoms with Crippen LogP contribution in [-0.4, -0.2) is 27.4 Å². The van der Waals surface area contributed by atoms with Crippen LogP contribution >= 0.6 is 0 Å². The van der Waals surface area contributed by atoms with Crippen molar-refractivity contribution in [2.45, 2.75) is 17.0 Å². The van der Waals surface area contributed by atoms with E-state index in [1.54, 1.807) is 24.3 Å². The molecule has 25 heavy (non-hydrogen) atoms. The lowest BCUT2D eigenvalue weighted by Crippen LogP contribution is -2.35. The van der Waals surface area contributed by atoms with Gasteiger partial charge >= 0.3 is 0 Å². The van der Waals surface area contributed by atoms with Gasteiger partial charge in [0.05, 0.1) is 17.0 Å². The number of hydrogen-bond donors (Lipinski definition) is 1. The van der Waals surface area contributed by atoms with E-state index in [0.29, 0.717) is 0 Å². The SMILES string of the molecule is CN(C)C1c2cccc3cccc(c23)C1NS(=O)(=O)c1ccccc1. The molecule has 2 atom stereocenters. The van der Waals surface area contributed by atoms with E-state index >= 15 is 0 Å². The van der Waals surface area contributed by atoms with E-state index < -0.39 is 10.0 Å². The number of benzene rings is 3. The Hall–Kier alpha value is -2.21. The Morgan fingerprint density at radius 3 is 2.12 bits per heavy atom. The zero-order valence-electron chi connectivity index (χ0n) is 14.2. The molecule has 3 aromatic rings. The summed E-state index contributed by atoms with van der Waals surface area (Å²) in [5.41, 5.74) is 2.20. The molecule has 3 aromatic carbocycles. The highest BCUT2D eigenvalue weighted by atomic mass is 32.2. The zero-order valence-corrected chi connectivity index (χ0v) is 15.0. The van der Waals surface area contributed by atoms with Crippen molar-refractivity contribution in [2.24, 2.45) is 0 Å². The summed E-state index contributed by atoms with van der Waals surface area (Å²) >= 11 is 0. The van der Waals surface area contributed by atoms with E-state index in [1.807, 2.05) is 38.4 Å². The normalized spacial score (nSPS) is 19.6. The molecule has 0 heterocycles. The summed E-state index contributed by atoms with van der Waals surface area (Å²) in [5.74, 6) is 0. The highest BCUT2D eigenvalue weighted by molar-refractivity contribution is 7.89. The van der Waals surface area contributed by atoms with Gasteiger partial charge < -0.3 is 4.90 Å². The molecular weight excluding hydrogens is 332 g/mol. The van der Waals surface area contributed by atoms with Gasteiger partial charge in [-0.1, -0.05) is 54.6 Å². The van der Waals surface area contributed by atoms with E-state index in [4.69, 9.17) is 0 Å². The second kappa shape index (κ2) is 5.95. The highest BCUT2D eigenvalue weighted by Crippen LogP contribution is 2.46. The lowest BCUT2D eigenvalue weighted by Gasteiger charge is -2.28. The van der Waals surface area contributed by atoms with Crippen molar-refractivity contribution in [1.82, 2.24) is 9.62 Å². The maximum absolute atomic E-state index is 12.9. The quantitative estimate of drug-likeness (QED) is 0.782. The third kappa shape index (κ3) is 2.65. The van der Waals surface area contributed by atoms with Crippen molar-refractivity contribution in [3.63, 3.8) is 0 Å². The molecule has 0 saturated heterocycles. The molecule has 0 saturated carbocycles. The maximum atomic E-state index is 12.9. The Bertz CT molecular complexity index is 1020. The largest absolute Gasteiger partial charge is 0.301 e. The topological polar surface area (TPSA) is 49.4 Å². The molecule has 4 nitrogen and oxygen atoms in total. The zero-order chi connectivity index (χ0) is 17.6. The van der Waals surface area contributed by atoms with Gasteiger partial charge in [-0.2, -0.15) is 0 Å². The molecule has 4 rings (SSSR count). The number of nitrogens with zero attached hydrogens (tertiary/aromatic N) is 1. The summed E-state index contributed by atoms with van der Waals surface area (Å²) in [6.07, 6.45) is 0. The van der Waals surface area contributed by atoms with Gasteiger partial charge in [0.15, 0.2) is 0 Å². The van der Waals surface area contributed by atoms with Crippen molar-refractivity contribution < 1.29 is 8.42 Å². The second-order valence-corrected chi connectivity index (χ2v) is 8.33. The van der Waals surface area contributed by atoms with Gasteiger partial charge in [-0.3, -0.25) is 0 Å². The average molecular weight is 352 g/mol. The molecule has 5 heteroatoms. The van der Waals surface area contributed by atoms with Crippen LogP contribution in [0.1, 0.15) is 23.2 Å². The molecule has 0 fully saturated rings. The third-order valence-corrected chi connectivity index (χ3v) is 6.29. The Labute approximate surface area is 148 Å². The van der Waals surface area contributed by atoms with Gasteiger partial charge in [0, 0.05) is 0 Å². The lowest BCUT2D eigenvalue weighted by molar-refractivity contribution is 0.258. The van der Waals surface area contributed by atoms with Gasteiger partial charge in [0.25, 0.3) is 0 Å². The minimum atomic E-state index is -3.60. The Morgan fingerprint density at radius 2 is 1.48 bits per heavy atom. The average Bonchev–Trinajstić information content (AvgIpc) is 2.91. The number of rotatable bonds is 4. The fraction of sp³-hybridized carbons (Fsp3) is 0.200. The van der Waals surface area contributed by atoms with Crippen LogP contribution in [0.25, 0.3) is 10.8 Å². The molecule has 0 bridgehead atoms. The van der Waals surface area contributed by atoms with E-state index in [0.717, 1.165) is 16.3 Å². The van der Waals surface area contributed by atoms with Crippen molar-refractivity contribution in [3.05, 3.63) is 77.9 Å². The van der Waals surface area contributed by atoms with Gasteiger partial charge in [-0.05, 0) is 48.1 Å². The minimum Gasteiger partial charge on any atom is -0.301 e. The smallest absolute Gasteiger partial charge is 0.241 e. The molecule has 1 aliphatic rings. The van der Waals surface area contributed by atoms with Crippen LogP contribution < -0.4 is 4.72 Å². The predicted octanol–water partition coefficient (Wildman–Crippen LogP) is 3.48. The predicted molar refractivity (Wildman–Crippen MR) is 99.9 cm³/mol. The summed E-state index contributed by atoms with van der Waals surface area (Å²) in [4.78, 5) is 2.36. The first kappa shape index (κ1) is 16.3. The molecule has 128 valence electrons. The van der Waals surface area contributed by atoms with E-state index in [-0.39, 0.29) is 17.0 Å². The van der Waals surface area contributed by atoms with Crippen molar-refractivity contribution in [3.8, 4) is 0 Å². The highest BCUT2D eigenvalue weighted by Gasteiger charge is 2.38. The Balaban J connectivity index is 1.84. The first-order valence-electron chi connectivity index (χ1n) is 8.24. The number of likely N-dealkylation sites (N-methyl/N-ethyl adjacent to an activating group) is 1. The number of hydrogen-bond acceptors (Lipinski definition) is 3. The Morgan fingerprint density at radius 1 is 0.840 bits per heavy atom. The van der Waals surface area contributed by atoms with Crippen LogP contribution in [0.15, 0.2) is 71.6 Å². The fourth-order valence-electron chi connectivity index (χ4n) is 3.79. The fourth-order valence-corrected chi connectivity index (χ4v) is 5.04. The molecule has 1 N–H and O–H groups in total. The van der Waals surface area contributed by atoms with Gasteiger partial charge in [-0.25, -0.2) is 13.1 Å². The van der Waals surface area contributed by atoms with E-state index in [1.165, 1.54) is 5.56 Å².